The van der Waals surface area contributed by atoms with Gasteiger partial charge in [-0.25, -0.2) is 8.42 Å². The van der Waals surface area contributed by atoms with Crippen LogP contribution in [0.15, 0.2) is 70.3 Å². The number of hydrogen-bond acceptors (Lipinski definition) is 5. The molecule has 2 heterocycles. The topological polar surface area (TPSA) is 75.7 Å². The maximum absolute atomic E-state index is 13.1. The van der Waals surface area contributed by atoms with E-state index in [-0.39, 0.29) is 16.2 Å². The van der Waals surface area contributed by atoms with Crippen molar-refractivity contribution in [3.63, 3.8) is 0 Å². The molecule has 1 atom stereocenters. The number of carbonyl (C=O) groups excluding carboxylic acids is 1. The van der Waals surface area contributed by atoms with E-state index in [4.69, 9.17) is 4.74 Å². The Morgan fingerprint density at radius 2 is 1.83 bits per heavy atom. The summed E-state index contributed by atoms with van der Waals surface area (Å²) in [6, 6.07) is 17.7. The number of likely N-dealkylation sites (tertiary alicyclic amines) is 1. The molecule has 2 aromatic carbocycles. The first-order chi connectivity index (χ1) is 14.5. The lowest BCUT2D eigenvalue weighted by atomic mass is 10.0. The average Bonchev–Trinajstić information content (AvgIpc) is 3.46. The molecule has 1 amide bonds. The Balaban J connectivity index is 1.49. The predicted molar refractivity (Wildman–Crippen MR) is 118 cm³/mol. The summed E-state index contributed by atoms with van der Waals surface area (Å²) in [4.78, 5) is 15.0. The summed E-state index contributed by atoms with van der Waals surface area (Å²) >= 11 is 1.16. The van der Waals surface area contributed by atoms with E-state index in [1.807, 2.05) is 29.2 Å². The zero-order valence-electron chi connectivity index (χ0n) is 16.4. The van der Waals surface area contributed by atoms with Gasteiger partial charge in [0.1, 0.15) is 9.96 Å². The highest BCUT2D eigenvalue weighted by molar-refractivity contribution is 7.94. The minimum atomic E-state index is -3.61. The summed E-state index contributed by atoms with van der Waals surface area (Å²) in [7, 11) is -1.98. The number of sulfonamides is 1. The highest BCUT2D eigenvalue weighted by atomic mass is 32.2. The fraction of sp³-hybridized carbons (Fsp3) is 0.227. The molecule has 1 N–H and O–H groups in total. The van der Waals surface area contributed by atoms with Gasteiger partial charge < -0.3 is 9.64 Å². The second-order valence-electron chi connectivity index (χ2n) is 7.04. The van der Waals surface area contributed by atoms with Crippen molar-refractivity contribution in [2.45, 2.75) is 23.1 Å². The van der Waals surface area contributed by atoms with E-state index in [0.717, 1.165) is 35.5 Å². The molecule has 1 aliphatic rings. The molecule has 0 aliphatic carbocycles. The normalized spacial score (nSPS) is 16.4. The van der Waals surface area contributed by atoms with Crippen molar-refractivity contribution in [2.24, 2.45) is 0 Å². The van der Waals surface area contributed by atoms with Crippen molar-refractivity contribution in [1.29, 1.82) is 0 Å². The van der Waals surface area contributed by atoms with E-state index in [9.17, 15) is 13.2 Å². The molecule has 4 rings (SSSR count). The number of methoxy groups -OCH3 is 1. The van der Waals surface area contributed by atoms with Crippen molar-refractivity contribution in [3.05, 3.63) is 77.2 Å². The zero-order chi connectivity index (χ0) is 21.1. The quantitative estimate of drug-likeness (QED) is 0.608. The molecular formula is C22H22N2O4S2. The Kier molecular flexibility index (Phi) is 5.78. The van der Waals surface area contributed by atoms with Gasteiger partial charge in [0.05, 0.1) is 13.2 Å². The fourth-order valence-corrected chi connectivity index (χ4v) is 5.70. The standard InChI is InChI=1S/C22H22N2O4S2/c1-28-19-12-8-16(9-13-19)20-4-2-14-24(20)22(25)17-6-10-18(11-7-17)23-30(26,27)21-5-3-15-29-21/h3,5-13,15,20,23H,2,4,14H2,1H3. The van der Waals surface area contributed by atoms with Crippen LogP contribution in [-0.2, 0) is 10.0 Å². The predicted octanol–water partition coefficient (Wildman–Crippen LogP) is 4.53. The maximum atomic E-state index is 13.1. The number of nitrogens with zero attached hydrogens (tertiary/aromatic N) is 1. The molecule has 0 spiro atoms. The molecular weight excluding hydrogens is 420 g/mol. The number of rotatable bonds is 6. The number of hydrogen-bond donors (Lipinski definition) is 1. The van der Waals surface area contributed by atoms with Gasteiger partial charge in [0.15, 0.2) is 0 Å². The second kappa shape index (κ2) is 8.49. The van der Waals surface area contributed by atoms with Crippen molar-refractivity contribution in [2.75, 3.05) is 18.4 Å². The molecule has 1 aromatic heterocycles. The van der Waals surface area contributed by atoms with E-state index in [1.165, 1.54) is 0 Å². The molecule has 8 heteroatoms. The molecule has 0 radical (unpaired) electrons. The molecule has 1 aliphatic heterocycles. The van der Waals surface area contributed by atoms with Gasteiger partial charge in [0.2, 0.25) is 0 Å². The molecule has 3 aromatic rings. The summed E-state index contributed by atoms with van der Waals surface area (Å²) in [6.45, 7) is 0.697. The molecule has 30 heavy (non-hydrogen) atoms. The Hall–Kier alpha value is -2.84. The summed E-state index contributed by atoms with van der Waals surface area (Å²) in [6.07, 6.45) is 1.86. The Labute approximate surface area is 180 Å². The third-order valence-corrected chi connectivity index (χ3v) is 7.94. The molecule has 1 fully saturated rings. The third-order valence-electron chi connectivity index (χ3n) is 5.16. The van der Waals surface area contributed by atoms with E-state index in [1.54, 1.807) is 48.9 Å². The van der Waals surface area contributed by atoms with Crippen LogP contribution in [0, 0.1) is 0 Å². The van der Waals surface area contributed by atoms with Crippen LogP contribution in [0.2, 0.25) is 0 Å². The van der Waals surface area contributed by atoms with E-state index < -0.39 is 10.0 Å². The summed E-state index contributed by atoms with van der Waals surface area (Å²) in [5, 5.41) is 1.71. The molecule has 156 valence electrons. The van der Waals surface area contributed by atoms with Crippen molar-refractivity contribution >= 4 is 33.0 Å². The Morgan fingerprint density at radius 1 is 1.10 bits per heavy atom. The van der Waals surface area contributed by atoms with Crippen LogP contribution in [0.1, 0.15) is 34.8 Å². The van der Waals surface area contributed by atoms with Gasteiger partial charge in [0, 0.05) is 17.8 Å². The highest BCUT2D eigenvalue weighted by Crippen LogP contribution is 2.34. The highest BCUT2D eigenvalue weighted by Gasteiger charge is 2.30. The maximum Gasteiger partial charge on any atom is 0.271 e. The summed E-state index contributed by atoms with van der Waals surface area (Å²) in [5.41, 5.74) is 2.05. The monoisotopic (exact) mass is 442 g/mol. The molecule has 1 saturated heterocycles. The third kappa shape index (κ3) is 4.20. The van der Waals surface area contributed by atoms with Gasteiger partial charge in [-0.15, -0.1) is 11.3 Å². The lowest BCUT2D eigenvalue weighted by molar-refractivity contribution is 0.0735. The van der Waals surface area contributed by atoms with Crippen LogP contribution in [0.4, 0.5) is 5.69 Å². The van der Waals surface area contributed by atoms with Crippen LogP contribution in [0.5, 0.6) is 5.75 Å². The van der Waals surface area contributed by atoms with Gasteiger partial charge in [-0.1, -0.05) is 18.2 Å². The number of anilines is 1. The fourth-order valence-electron chi connectivity index (χ4n) is 3.65. The van der Waals surface area contributed by atoms with Crippen LogP contribution in [-0.4, -0.2) is 32.9 Å². The van der Waals surface area contributed by atoms with Crippen molar-refractivity contribution in [1.82, 2.24) is 4.90 Å². The second-order valence-corrected chi connectivity index (χ2v) is 9.90. The minimum absolute atomic E-state index is 0.0282. The summed E-state index contributed by atoms with van der Waals surface area (Å²) in [5.74, 6) is 0.733. The minimum Gasteiger partial charge on any atom is -0.497 e. The Morgan fingerprint density at radius 3 is 2.47 bits per heavy atom. The Bertz CT molecular complexity index is 1110. The first kappa shape index (κ1) is 20.4. The molecule has 6 nitrogen and oxygen atoms in total. The van der Waals surface area contributed by atoms with Crippen LogP contribution in [0.3, 0.4) is 0 Å². The van der Waals surface area contributed by atoms with Crippen molar-refractivity contribution < 1.29 is 17.9 Å². The van der Waals surface area contributed by atoms with Gasteiger partial charge in [-0.05, 0) is 66.2 Å². The van der Waals surface area contributed by atoms with Gasteiger partial charge in [-0.3, -0.25) is 9.52 Å². The smallest absolute Gasteiger partial charge is 0.271 e. The lowest BCUT2D eigenvalue weighted by Gasteiger charge is -2.25. The van der Waals surface area contributed by atoms with Crippen LogP contribution >= 0.6 is 11.3 Å². The largest absolute Gasteiger partial charge is 0.497 e. The number of ether oxygens (including phenoxy) is 1. The molecule has 1 unspecified atom stereocenters. The zero-order valence-corrected chi connectivity index (χ0v) is 18.1. The first-order valence-corrected chi connectivity index (χ1v) is 12.0. The van der Waals surface area contributed by atoms with Gasteiger partial charge in [0.25, 0.3) is 15.9 Å². The number of benzene rings is 2. The number of carbonyl (C=O) groups is 1. The van der Waals surface area contributed by atoms with E-state index >= 15 is 0 Å². The molecule has 0 saturated carbocycles. The lowest BCUT2D eigenvalue weighted by Crippen LogP contribution is -2.30. The SMILES string of the molecule is COc1ccc(C2CCCN2C(=O)c2ccc(NS(=O)(=O)c3cccs3)cc2)cc1. The summed E-state index contributed by atoms with van der Waals surface area (Å²) < 4.78 is 32.7. The number of thiophene rings is 1. The van der Waals surface area contributed by atoms with Crippen molar-refractivity contribution in [3.8, 4) is 5.75 Å². The van der Waals surface area contributed by atoms with E-state index in [0.29, 0.717) is 17.8 Å². The molecule has 0 bridgehead atoms. The van der Waals surface area contributed by atoms with Gasteiger partial charge in [-0.2, -0.15) is 0 Å². The van der Waals surface area contributed by atoms with Crippen LogP contribution in [0.25, 0.3) is 0 Å². The number of nitrogens with one attached hydrogen (secondary N) is 1. The van der Waals surface area contributed by atoms with Gasteiger partial charge >= 0.3 is 0 Å². The number of amides is 1. The van der Waals surface area contributed by atoms with Crippen LogP contribution < -0.4 is 9.46 Å². The first-order valence-electron chi connectivity index (χ1n) is 9.59. The average molecular weight is 443 g/mol. The van der Waals surface area contributed by atoms with E-state index in [2.05, 4.69) is 4.72 Å².